The zero-order valence-corrected chi connectivity index (χ0v) is 15.9. The van der Waals surface area contributed by atoms with Crippen molar-refractivity contribution in [3.05, 3.63) is 53.6 Å². The molecule has 0 spiro atoms. The molecule has 7 heteroatoms. The van der Waals surface area contributed by atoms with Gasteiger partial charge in [-0.05, 0) is 42.3 Å². The van der Waals surface area contributed by atoms with Crippen LogP contribution in [0.4, 0.5) is 0 Å². The van der Waals surface area contributed by atoms with Gasteiger partial charge in [0.25, 0.3) is 0 Å². The van der Waals surface area contributed by atoms with Crippen molar-refractivity contribution in [2.45, 2.75) is 25.3 Å². The van der Waals surface area contributed by atoms with Gasteiger partial charge in [0, 0.05) is 0 Å². The van der Waals surface area contributed by atoms with E-state index < -0.39 is 11.5 Å². The highest BCUT2D eigenvalue weighted by Crippen LogP contribution is 2.31. The Bertz CT molecular complexity index is 881. The number of methoxy groups -OCH3 is 1. The third kappa shape index (κ3) is 4.54. The predicted octanol–water partition coefficient (Wildman–Crippen LogP) is 2.52. The van der Waals surface area contributed by atoms with Gasteiger partial charge in [-0.25, -0.2) is 0 Å². The average molecular weight is 385 g/mol. The van der Waals surface area contributed by atoms with Crippen molar-refractivity contribution in [1.82, 2.24) is 5.32 Å². The summed E-state index contributed by atoms with van der Waals surface area (Å²) in [7, 11) is 1.54. The first-order valence-electron chi connectivity index (χ1n) is 8.95. The molecular weight excluding hydrogens is 362 g/mol. The van der Waals surface area contributed by atoms with Gasteiger partial charge >= 0.3 is 5.97 Å². The molecule has 2 N–H and O–H groups in total. The van der Waals surface area contributed by atoms with Crippen LogP contribution >= 0.6 is 0 Å². The standard InChI is InChI=1S/C21H23NO6/c1-21(13-20(24)25,15-4-3-5-16(12-15)26-2)22-19(23)11-14-6-7-17-18(10-14)28-9-8-27-17/h3-7,10,12H,8-9,11,13H2,1-2H3,(H,22,23)(H,24,25). The molecule has 0 bridgehead atoms. The van der Waals surface area contributed by atoms with Crippen LogP contribution in [0.1, 0.15) is 24.5 Å². The molecule has 1 heterocycles. The highest BCUT2D eigenvalue weighted by Gasteiger charge is 2.32. The van der Waals surface area contributed by atoms with Crippen LogP contribution in [0.5, 0.6) is 17.2 Å². The topological polar surface area (TPSA) is 94.1 Å². The van der Waals surface area contributed by atoms with Gasteiger partial charge in [0.15, 0.2) is 11.5 Å². The molecule has 0 aliphatic carbocycles. The Balaban J connectivity index is 1.78. The van der Waals surface area contributed by atoms with E-state index in [1.165, 1.54) is 7.11 Å². The van der Waals surface area contributed by atoms with Crippen molar-refractivity contribution in [1.29, 1.82) is 0 Å². The van der Waals surface area contributed by atoms with Gasteiger partial charge in [0.05, 0.1) is 25.5 Å². The quantitative estimate of drug-likeness (QED) is 0.761. The molecule has 0 fully saturated rings. The molecule has 28 heavy (non-hydrogen) atoms. The maximum atomic E-state index is 12.7. The van der Waals surface area contributed by atoms with E-state index in [1.54, 1.807) is 49.4 Å². The minimum atomic E-state index is -1.08. The van der Waals surface area contributed by atoms with Crippen LogP contribution in [0.25, 0.3) is 0 Å². The summed E-state index contributed by atoms with van der Waals surface area (Å²) in [4.78, 5) is 24.1. The van der Waals surface area contributed by atoms with Crippen molar-refractivity contribution in [3.63, 3.8) is 0 Å². The van der Waals surface area contributed by atoms with Gasteiger partial charge in [0.1, 0.15) is 19.0 Å². The van der Waals surface area contributed by atoms with Gasteiger partial charge in [0.2, 0.25) is 5.91 Å². The van der Waals surface area contributed by atoms with E-state index in [2.05, 4.69) is 5.32 Å². The normalized spacial score (nSPS) is 14.6. The predicted molar refractivity (Wildman–Crippen MR) is 102 cm³/mol. The van der Waals surface area contributed by atoms with Gasteiger partial charge in [-0.3, -0.25) is 9.59 Å². The Labute approximate surface area is 163 Å². The molecule has 2 aromatic rings. The highest BCUT2D eigenvalue weighted by atomic mass is 16.6. The Kier molecular flexibility index (Phi) is 5.73. The smallest absolute Gasteiger partial charge is 0.306 e. The molecule has 0 saturated carbocycles. The second kappa shape index (κ2) is 8.21. The summed E-state index contributed by atoms with van der Waals surface area (Å²) in [5.74, 6) is 0.559. The summed E-state index contributed by atoms with van der Waals surface area (Å²) in [6.07, 6.45) is -0.164. The van der Waals surface area contributed by atoms with Crippen molar-refractivity contribution < 1.29 is 28.9 Å². The average Bonchev–Trinajstić information content (AvgIpc) is 2.67. The van der Waals surface area contributed by atoms with Crippen LogP contribution < -0.4 is 19.5 Å². The maximum absolute atomic E-state index is 12.7. The Morgan fingerprint density at radius 3 is 2.61 bits per heavy atom. The first-order valence-corrected chi connectivity index (χ1v) is 8.95. The molecule has 0 radical (unpaired) electrons. The van der Waals surface area contributed by atoms with Crippen molar-refractivity contribution in [3.8, 4) is 17.2 Å². The van der Waals surface area contributed by atoms with Crippen LogP contribution in [0, 0.1) is 0 Å². The fourth-order valence-electron chi connectivity index (χ4n) is 3.22. The number of carbonyl (C=O) groups is 2. The number of rotatable bonds is 7. The summed E-state index contributed by atoms with van der Waals surface area (Å²) in [5, 5.41) is 12.2. The molecule has 148 valence electrons. The van der Waals surface area contributed by atoms with Crippen molar-refractivity contribution in [2.24, 2.45) is 0 Å². The minimum absolute atomic E-state index is 0.0931. The second-order valence-electron chi connectivity index (χ2n) is 6.84. The number of hydrogen-bond acceptors (Lipinski definition) is 5. The molecular formula is C21H23NO6. The van der Waals surface area contributed by atoms with Gasteiger partial charge in [-0.15, -0.1) is 0 Å². The number of benzene rings is 2. The van der Waals surface area contributed by atoms with E-state index in [4.69, 9.17) is 14.2 Å². The summed E-state index contributed by atoms with van der Waals surface area (Å²) < 4.78 is 16.3. The number of amides is 1. The molecule has 1 amide bonds. The van der Waals surface area contributed by atoms with Crippen LogP contribution in [0.3, 0.4) is 0 Å². The molecule has 3 rings (SSSR count). The van der Waals surface area contributed by atoms with Crippen LogP contribution in [0.15, 0.2) is 42.5 Å². The molecule has 1 atom stereocenters. The zero-order chi connectivity index (χ0) is 20.1. The lowest BCUT2D eigenvalue weighted by atomic mass is 9.88. The summed E-state index contributed by atoms with van der Waals surface area (Å²) in [6, 6.07) is 12.4. The van der Waals surface area contributed by atoms with E-state index in [0.29, 0.717) is 36.0 Å². The number of hydrogen-bond donors (Lipinski definition) is 2. The molecule has 1 aliphatic heterocycles. The van der Waals surface area contributed by atoms with Gasteiger partial charge in [-0.2, -0.15) is 0 Å². The number of carboxylic acid groups (broad SMARTS) is 1. The molecule has 7 nitrogen and oxygen atoms in total. The lowest BCUT2D eigenvalue weighted by Gasteiger charge is -2.30. The minimum Gasteiger partial charge on any atom is -0.497 e. The maximum Gasteiger partial charge on any atom is 0.306 e. The summed E-state index contributed by atoms with van der Waals surface area (Å²) in [5.41, 5.74) is 0.334. The van der Waals surface area contributed by atoms with E-state index >= 15 is 0 Å². The number of carboxylic acids is 1. The molecule has 0 aromatic heterocycles. The number of ether oxygens (including phenoxy) is 3. The van der Waals surface area contributed by atoms with E-state index in [1.807, 2.05) is 0 Å². The molecule has 1 aliphatic rings. The lowest BCUT2D eigenvalue weighted by Crippen LogP contribution is -2.45. The Morgan fingerprint density at radius 1 is 1.14 bits per heavy atom. The van der Waals surface area contributed by atoms with Gasteiger partial charge in [-0.1, -0.05) is 18.2 Å². The van der Waals surface area contributed by atoms with Crippen LogP contribution in [-0.2, 0) is 21.5 Å². The summed E-state index contributed by atoms with van der Waals surface area (Å²) >= 11 is 0. The first-order chi connectivity index (χ1) is 13.4. The molecule has 1 unspecified atom stereocenters. The second-order valence-corrected chi connectivity index (χ2v) is 6.84. The lowest BCUT2D eigenvalue weighted by molar-refractivity contribution is -0.139. The number of aliphatic carboxylic acids is 1. The number of fused-ring (bicyclic) bond motifs is 1. The number of nitrogens with one attached hydrogen (secondary N) is 1. The monoisotopic (exact) mass is 385 g/mol. The third-order valence-corrected chi connectivity index (χ3v) is 4.60. The largest absolute Gasteiger partial charge is 0.497 e. The van der Waals surface area contributed by atoms with E-state index in [0.717, 1.165) is 5.56 Å². The fourth-order valence-corrected chi connectivity index (χ4v) is 3.22. The Hall–Kier alpha value is -3.22. The highest BCUT2D eigenvalue weighted by molar-refractivity contribution is 5.81. The molecule has 0 saturated heterocycles. The zero-order valence-electron chi connectivity index (χ0n) is 15.9. The van der Waals surface area contributed by atoms with Crippen LogP contribution in [0.2, 0.25) is 0 Å². The Morgan fingerprint density at radius 2 is 1.89 bits per heavy atom. The third-order valence-electron chi connectivity index (χ3n) is 4.60. The van der Waals surface area contributed by atoms with Crippen LogP contribution in [-0.4, -0.2) is 37.3 Å². The van der Waals surface area contributed by atoms with Crippen molar-refractivity contribution >= 4 is 11.9 Å². The SMILES string of the molecule is COc1cccc(C(C)(CC(=O)O)NC(=O)Cc2ccc3c(c2)OCCO3)c1. The number of carbonyl (C=O) groups excluding carboxylic acids is 1. The van der Waals surface area contributed by atoms with E-state index in [9.17, 15) is 14.7 Å². The van der Waals surface area contributed by atoms with E-state index in [-0.39, 0.29) is 18.7 Å². The summed E-state index contributed by atoms with van der Waals surface area (Å²) in [6.45, 7) is 2.66. The first kappa shape index (κ1) is 19.5. The molecule has 2 aromatic carbocycles. The van der Waals surface area contributed by atoms with Crippen molar-refractivity contribution in [2.75, 3.05) is 20.3 Å². The fraction of sp³-hybridized carbons (Fsp3) is 0.333. The van der Waals surface area contributed by atoms with Gasteiger partial charge < -0.3 is 24.6 Å².